The molecule has 0 saturated heterocycles. The van der Waals surface area contributed by atoms with Gasteiger partial charge in [0.15, 0.2) is 0 Å². The summed E-state index contributed by atoms with van der Waals surface area (Å²) in [6, 6.07) is 2.80. The number of benzene rings is 1. The predicted octanol–water partition coefficient (Wildman–Crippen LogP) is 4.24. The van der Waals surface area contributed by atoms with Crippen LogP contribution in [0, 0.1) is 12.7 Å². The molecular formula is C24H22F4N7O+. The van der Waals surface area contributed by atoms with Gasteiger partial charge in [0, 0.05) is 12.3 Å². The lowest BCUT2D eigenvalue weighted by Crippen LogP contribution is -2.44. The summed E-state index contributed by atoms with van der Waals surface area (Å²) in [5.74, 6) is 0.161. The zero-order chi connectivity index (χ0) is 25.4. The summed E-state index contributed by atoms with van der Waals surface area (Å²) in [5.41, 5.74) is 0.363. The second kappa shape index (κ2) is 9.17. The van der Waals surface area contributed by atoms with Crippen LogP contribution >= 0.6 is 0 Å². The zero-order valence-corrected chi connectivity index (χ0v) is 19.4. The van der Waals surface area contributed by atoms with Crippen molar-refractivity contribution in [3.05, 3.63) is 76.9 Å². The minimum atomic E-state index is -4.67. The molecule has 0 aliphatic carbocycles. The fourth-order valence-corrected chi connectivity index (χ4v) is 4.34. The molecule has 1 aliphatic heterocycles. The van der Waals surface area contributed by atoms with Crippen molar-refractivity contribution in [1.29, 1.82) is 0 Å². The summed E-state index contributed by atoms with van der Waals surface area (Å²) in [6.45, 7) is 2.45. The molecule has 5 rings (SSSR count). The Kier molecular flexibility index (Phi) is 6.02. The average molecular weight is 500 g/mol. The van der Waals surface area contributed by atoms with E-state index < -0.39 is 23.5 Å². The smallest absolute Gasteiger partial charge is 0.416 e. The van der Waals surface area contributed by atoms with Gasteiger partial charge < -0.3 is 4.74 Å². The lowest BCUT2D eigenvalue weighted by molar-refractivity contribution is -0.763. The van der Waals surface area contributed by atoms with Gasteiger partial charge in [-0.25, -0.2) is 19.3 Å². The van der Waals surface area contributed by atoms with Crippen molar-refractivity contribution in [3.8, 4) is 11.7 Å². The largest absolute Gasteiger partial charge is 0.478 e. The first-order valence-corrected chi connectivity index (χ1v) is 11.2. The Labute approximate surface area is 203 Å². The third kappa shape index (κ3) is 4.58. The first kappa shape index (κ1) is 23.6. The van der Waals surface area contributed by atoms with E-state index in [0.29, 0.717) is 54.5 Å². The van der Waals surface area contributed by atoms with E-state index in [4.69, 9.17) is 4.74 Å². The molecule has 4 aromatic rings. The van der Waals surface area contributed by atoms with E-state index in [1.807, 2.05) is 6.92 Å². The van der Waals surface area contributed by atoms with Crippen LogP contribution < -0.4 is 9.42 Å². The van der Waals surface area contributed by atoms with Crippen molar-refractivity contribution >= 4 is 12.2 Å². The lowest BCUT2D eigenvalue weighted by atomic mass is 9.87. The third-order valence-electron chi connectivity index (χ3n) is 5.95. The summed E-state index contributed by atoms with van der Waals surface area (Å²) in [7, 11) is 1.49. The van der Waals surface area contributed by atoms with E-state index in [1.54, 1.807) is 40.1 Å². The van der Waals surface area contributed by atoms with E-state index in [1.165, 1.54) is 13.2 Å². The predicted molar refractivity (Wildman–Crippen MR) is 121 cm³/mol. The molecule has 0 saturated carbocycles. The average Bonchev–Trinajstić information content (AvgIpc) is 3.47. The van der Waals surface area contributed by atoms with Crippen LogP contribution in [0.5, 0.6) is 5.88 Å². The number of aryl methyl sites for hydroxylation is 2. The molecule has 4 heterocycles. The number of hydrogen-bond acceptors (Lipinski definition) is 5. The molecule has 0 spiro atoms. The van der Waals surface area contributed by atoms with Crippen LogP contribution in [0.15, 0.2) is 36.9 Å². The number of alkyl halides is 3. The van der Waals surface area contributed by atoms with Crippen molar-refractivity contribution in [3.63, 3.8) is 0 Å². The summed E-state index contributed by atoms with van der Waals surface area (Å²) < 4.78 is 63.3. The first-order chi connectivity index (χ1) is 17.2. The van der Waals surface area contributed by atoms with Crippen LogP contribution in [0.2, 0.25) is 0 Å². The number of hydrogen-bond donors (Lipinski definition) is 1. The maximum Gasteiger partial charge on any atom is 0.416 e. The van der Waals surface area contributed by atoms with Crippen LogP contribution in [0.4, 0.5) is 17.6 Å². The van der Waals surface area contributed by atoms with Gasteiger partial charge in [-0.15, -0.1) is 0 Å². The summed E-state index contributed by atoms with van der Waals surface area (Å²) >= 11 is 0. The fraction of sp³-hybridized carbons (Fsp3) is 0.292. The van der Waals surface area contributed by atoms with Crippen molar-refractivity contribution in [2.24, 2.45) is 0 Å². The summed E-state index contributed by atoms with van der Waals surface area (Å²) in [5, 5.41) is 3.11. The Bertz CT molecular complexity index is 1440. The van der Waals surface area contributed by atoms with Crippen molar-refractivity contribution in [1.82, 2.24) is 29.6 Å². The normalized spacial score (nSPS) is 15.9. The third-order valence-corrected chi connectivity index (χ3v) is 5.95. The highest BCUT2D eigenvalue weighted by molar-refractivity contribution is 5.64. The molecule has 1 aromatic carbocycles. The second-order valence-corrected chi connectivity index (χ2v) is 8.43. The molecule has 1 unspecified atom stereocenters. The highest BCUT2D eigenvalue weighted by atomic mass is 19.4. The molecular weight excluding hydrogens is 478 g/mol. The molecule has 1 aliphatic rings. The van der Waals surface area contributed by atoms with Crippen LogP contribution in [-0.2, 0) is 12.7 Å². The number of rotatable bonds is 5. The zero-order valence-electron chi connectivity index (χ0n) is 19.4. The number of H-pyrrole nitrogens is 1. The molecule has 0 bridgehead atoms. The maximum absolute atomic E-state index is 13.6. The Morgan fingerprint density at radius 2 is 2.03 bits per heavy atom. The van der Waals surface area contributed by atoms with Gasteiger partial charge >= 0.3 is 12.0 Å². The van der Waals surface area contributed by atoms with E-state index in [0.717, 1.165) is 11.8 Å². The van der Waals surface area contributed by atoms with Gasteiger partial charge in [-0.3, -0.25) is 4.57 Å². The molecule has 186 valence electrons. The molecule has 1 N–H and O–H groups in total. The fourth-order valence-electron chi connectivity index (χ4n) is 4.34. The number of aromatic nitrogens is 7. The molecule has 0 amide bonds. The van der Waals surface area contributed by atoms with Gasteiger partial charge in [-0.05, 0) is 48.5 Å². The minimum absolute atomic E-state index is 0.0142. The van der Waals surface area contributed by atoms with Gasteiger partial charge in [0.1, 0.15) is 18.7 Å². The topological polar surface area (TPSA) is 85.4 Å². The van der Waals surface area contributed by atoms with Gasteiger partial charge in [0.2, 0.25) is 5.82 Å². The van der Waals surface area contributed by atoms with Crippen LogP contribution in [0.1, 0.15) is 52.9 Å². The maximum atomic E-state index is 13.6. The summed E-state index contributed by atoms with van der Waals surface area (Å²) in [4.78, 5) is 17.6. The molecule has 36 heavy (non-hydrogen) atoms. The van der Waals surface area contributed by atoms with E-state index in [9.17, 15) is 17.6 Å². The number of aromatic amines is 1. The van der Waals surface area contributed by atoms with Crippen LogP contribution in [0.3, 0.4) is 0 Å². The number of methoxy groups -OCH3 is 1. The van der Waals surface area contributed by atoms with Crippen molar-refractivity contribution in [2.75, 3.05) is 7.11 Å². The molecule has 12 heteroatoms. The molecule has 0 fully saturated rings. The molecule has 1 atom stereocenters. The number of ether oxygens (including phenoxy) is 1. The number of fused-ring (bicyclic) bond motifs is 1. The van der Waals surface area contributed by atoms with Gasteiger partial charge in [-0.2, -0.15) is 23.0 Å². The van der Waals surface area contributed by atoms with E-state index in [2.05, 4.69) is 25.0 Å². The molecule has 0 radical (unpaired) electrons. The first-order valence-electron chi connectivity index (χ1n) is 11.2. The Balaban J connectivity index is 1.44. The number of halogens is 4. The van der Waals surface area contributed by atoms with Crippen LogP contribution in [-0.4, -0.2) is 36.7 Å². The van der Waals surface area contributed by atoms with Crippen molar-refractivity contribution < 1.29 is 27.0 Å². The number of imidazole rings is 1. The number of nitrogens with one attached hydrogen (secondary N) is 1. The molecule has 3 aromatic heterocycles. The Morgan fingerprint density at radius 3 is 2.75 bits per heavy atom. The van der Waals surface area contributed by atoms with E-state index in [-0.39, 0.29) is 5.56 Å². The number of nitrogens with zero attached hydrogens (tertiary/aromatic N) is 6. The summed E-state index contributed by atoms with van der Waals surface area (Å²) in [6.07, 6.45) is 4.78. The van der Waals surface area contributed by atoms with Gasteiger partial charge in [0.25, 0.3) is 11.7 Å². The monoisotopic (exact) mass is 500 g/mol. The Morgan fingerprint density at radius 1 is 1.19 bits per heavy atom. The van der Waals surface area contributed by atoms with Gasteiger partial charge in [0.05, 0.1) is 36.2 Å². The van der Waals surface area contributed by atoms with Gasteiger partial charge in [-0.1, -0.05) is 6.07 Å². The second-order valence-electron chi connectivity index (χ2n) is 8.43. The standard InChI is InChI=1S/C24H21F4N7O/c1-14-12-34(13-30-14)22-23(36-2)31-16(11-29-22)6-8-20-32-21-18(4-3-9-35(21)33-20)17-7-5-15(25)10-19(17)24(26,27)28/h5-8,10-13,18H,3-4,9H2,1-2H3/p+1. The highest BCUT2D eigenvalue weighted by Gasteiger charge is 2.41. The van der Waals surface area contributed by atoms with Crippen LogP contribution in [0.25, 0.3) is 18.0 Å². The molecule has 8 nitrogen and oxygen atoms in total. The highest BCUT2D eigenvalue weighted by Crippen LogP contribution is 2.39. The van der Waals surface area contributed by atoms with Crippen molar-refractivity contribution in [2.45, 2.75) is 38.4 Å². The quantitative estimate of drug-likeness (QED) is 0.327. The Hall–Kier alpha value is -4.09. The van der Waals surface area contributed by atoms with E-state index >= 15 is 0 Å². The minimum Gasteiger partial charge on any atom is -0.478 e. The lowest BCUT2D eigenvalue weighted by Gasteiger charge is -2.21. The SMILES string of the molecule is COc1nc(C=Cc2nc3[n+]([nH]2)CCCC3c2ccc(F)cc2C(F)(F)F)cnc1-n1cnc(C)c1.